The van der Waals surface area contributed by atoms with Crippen LogP contribution in [-0.2, 0) is 14.3 Å². The van der Waals surface area contributed by atoms with Crippen LogP contribution in [0.1, 0.15) is 39.5 Å². The first-order valence-corrected chi connectivity index (χ1v) is 8.83. The van der Waals surface area contributed by atoms with E-state index in [1.165, 1.54) is 0 Å². The number of carboxylic acid groups (broad SMARTS) is 1. The van der Waals surface area contributed by atoms with Gasteiger partial charge in [0.2, 0.25) is 0 Å². The SMILES string of the molecule is CC(CCCCC(=O)O)[C@H]1CO[C@@H](C)O[C@H]1CN=Nc1ccccn1. The predicted molar refractivity (Wildman–Crippen MR) is 92.7 cm³/mol. The molecule has 1 aromatic heterocycles. The lowest BCUT2D eigenvalue weighted by Gasteiger charge is -2.37. The minimum atomic E-state index is -0.737. The predicted octanol–water partition coefficient (Wildman–Crippen LogP) is 3.82. The van der Waals surface area contributed by atoms with Crippen molar-refractivity contribution in [3.05, 3.63) is 24.4 Å². The molecular formula is C18H27N3O4. The van der Waals surface area contributed by atoms with Crippen LogP contribution in [0.3, 0.4) is 0 Å². The first-order valence-electron chi connectivity index (χ1n) is 8.83. The fourth-order valence-electron chi connectivity index (χ4n) is 3.01. The molecule has 0 spiro atoms. The molecule has 7 nitrogen and oxygen atoms in total. The molecular weight excluding hydrogens is 322 g/mol. The Morgan fingerprint density at radius 1 is 1.44 bits per heavy atom. The number of aromatic nitrogens is 1. The molecule has 1 aliphatic rings. The van der Waals surface area contributed by atoms with Gasteiger partial charge in [0.05, 0.1) is 19.3 Å². The zero-order valence-corrected chi connectivity index (χ0v) is 14.9. The zero-order chi connectivity index (χ0) is 18.1. The van der Waals surface area contributed by atoms with E-state index in [1.807, 2.05) is 19.1 Å². The van der Waals surface area contributed by atoms with E-state index in [1.54, 1.807) is 12.3 Å². The quantitative estimate of drug-likeness (QED) is 0.540. The Morgan fingerprint density at radius 2 is 2.28 bits per heavy atom. The third kappa shape index (κ3) is 6.88. The van der Waals surface area contributed by atoms with Gasteiger partial charge >= 0.3 is 5.97 Å². The highest BCUT2D eigenvalue weighted by molar-refractivity contribution is 5.66. The van der Waals surface area contributed by atoms with E-state index in [9.17, 15) is 4.79 Å². The fraction of sp³-hybridized carbons (Fsp3) is 0.667. The Morgan fingerprint density at radius 3 is 3.00 bits per heavy atom. The van der Waals surface area contributed by atoms with Crippen molar-refractivity contribution in [2.24, 2.45) is 22.1 Å². The van der Waals surface area contributed by atoms with Gasteiger partial charge in [-0.15, -0.1) is 5.11 Å². The van der Waals surface area contributed by atoms with Crippen LogP contribution in [0.25, 0.3) is 0 Å². The number of pyridine rings is 1. The Balaban J connectivity index is 1.86. The van der Waals surface area contributed by atoms with E-state index in [-0.39, 0.29) is 24.7 Å². The normalized spacial score (nSPS) is 25.1. The molecule has 1 fully saturated rings. The van der Waals surface area contributed by atoms with Crippen LogP contribution >= 0.6 is 0 Å². The lowest BCUT2D eigenvalue weighted by atomic mass is 9.85. The highest BCUT2D eigenvalue weighted by Gasteiger charge is 2.33. The van der Waals surface area contributed by atoms with E-state index < -0.39 is 5.97 Å². The van der Waals surface area contributed by atoms with E-state index in [0.717, 1.165) is 12.8 Å². The molecule has 1 aromatic rings. The van der Waals surface area contributed by atoms with Gasteiger partial charge in [0.15, 0.2) is 12.1 Å². The smallest absolute Gasteiger partial charge is 0.303 e. The molecule has 0 aromatic carbocycles. The summed E-state index contributed by atoms with van der Waals surface area (Å²) in [6.07, 6.45) is 4.16. The maximum atomic E-state index is 10.6. The number of hydrogen-bond donors (Lipinski definition) is 1. The Hall–Kier alpha value is -1.86. The Kier molecular flexibility index (Phi) is 7.94. The number of hydrogen-bond acceptors (Lipinski definition) is 6. The molecule has 4 atom stereocenters. The number of nitrogens with zero attached hydrogens (tertiary/aromatic N) is 3. The van der Waals surface area contributed by atoms with Crippen molar-refractivity contribution >= 4 is 11.8 Å². The van der Waals surface area contributed by atoms with Gasteiger partial charge < -0.3 is 14.6 Å². The molecule has 1 unspecified atom stereocenters. The summed E-state index contributed by atoms with van der Waals surface area (Å²) < 4.78 is 11.6. The van der Waals surface area contributed by atoms with Crippen LogP contribution < -0.4 is 0 Å². The molecule has 0 bridgehead atoms. The maximum absolute atomic E-state index is 10.6. The van der Waals surface area contributed by atoms with Crippen molar-refractivity contribution < 1.29 is 19.4 Å². The molecule has 7 heteroatoms. The molecule has 25 heavy (non-hydrogen) atoms. The third-order valence-electron chi connectivity index (χ3n) is 4.48. The van der Waals surface area contributed by atoms with Crippen LogP contribution in [0.15, 0.2) is 34.6 Å². The number of ether oxygens (including phenoxy) is 2. The zero-order valence-electron chi connectivity index (χ0n) is 14.9. The molecule has 1 aliphatic heterocycles. The third-order valence-corrected chi connectivity index (χ3v) is 4.48. The number of carboxylic acids is 1. The van der Waals surface area contributed by atoms with Crippen LogP contribution in [-0.4, -0.2) is 41.6 Å². The van der Waals surface area contributed by atoms with Crippen LogP contribution in [0, 0.1) is 11.8 Å². The maximum Gasteiger partial charge on any atom is 0.303 e. The van der Waals surface area contributed by atoms with Gasteiger partial charge in [-0.3, -0.25) is 4.79 Å². The Bertz CT molecular complexity index is 553. The van der Waals surface area contributed by atoms with Gasteiger partial charge in [-0.1, -0.05) is 25.8 Å². The first-order chi connectivity index (χ1) is 12.1. The lowest BCUT2D eigenvalue weighted by molar-refractivity contribution is -0.232. The van der Waals surface area contributed by atoms with Gasteiger partial charge in [0.1, 0.15) is 0 Å². The molecule has 2 heterocycles. The van der Waals surface area contributed by atoms with Crippen molar-refractivity contribution in [2.45, 2.75) is 51.9 Å². The van der Waals surface area contributed by atoms with Crippen LogP contribution in [0.5, 0.6) is 0 Å². The van der Waals surface area contributed by atoms with E-state index >= 15 is 0 Å². The summed E-state index contributed by atoms with van der Waals surface area (Å²) in [6, 6.07) is 5.51. The van der Waals surface area contributed by atoms with Crippen LogP contribution in [0.4, 0.5) is 5.82 Å². The van der Waals surface area contributed by atoms with Crippen molar-refractivity contribution in [3.63, 3.8) is 0 Å². The number of aliphatic carboxylic acids is 1. The standard InChI is InChI=1S/C18H27N3O4/c1-13(7-3-4-9-18(22)23)15-12-24-14(2)25-16(15)11-20-21-17-8-5-6-10-19-17/h5-6,8,10,13-16H,3-4,7,9,11-12H2,1-2H3,(H,22,23)/t13?,14-,15-,16+/m1/s1. The summed E-state index contributed by atoms with van der Waals surface area (Å²) in [4.78, 5) is 14.7. The highest BCUT2D eigenvalue weighted by atomic mass is 16.7. The average Bonchev–Trinajstić information content (AvgIpc) is 2.59. The second-order valence-corrected chi connectivity index (χ2v) is 6.47. The molecule has 1 N–H and O–H groups in total. The van der Waals surface area contributed by atoms with Gasteiger partial charge in [-0.05, 0) is 31.4 Å². The second kappa shape index (κ2) is 10.2. The molecule has 0 saturated carbocycles. The van der Waals surface area contributed by atoms with Crippen molar-refractivity contribution in [2.75, 3.05) is 13.2 Å². The summed E-state index contributed by atoms with van der Waals surface area (Å²) >= 11 is 0. The van der Waals surface area contributed by atoms with Gasteiger partial charge in [-0.2, -0.15) is 5.11 Å². The molecule has 0 amide bonds. The summed E-state index contributed by atoms with van der Waals surface area (Å²) in [7, 11) is 0. The van der Waals surface area contributed by atoms with Crippen molar-refractivity contribution in [1.82, 2.24) is 4.98 Å². The van der Waals surface area contributed by atoms with Gasteiger partial charge in [-0.25, -0.2) is 4.98 Å². The average molecular weight is 349 g/mol. The number of azo groups is 1. The Labute approximate surface area is 148 Å². The van der Waals surface area contributed by atoms with E-state index in [4.69, 9.17) is 14.6 Å². The topological polar surface area (TPSA) is 93.4 Å². The molecule has 0 aliphatic carbocycles. The van der Waals surface area contributed by atoms with Crippen molar-refractivity contribution in [3.8, 4) is 0 Å². The first kappa shape index (κ1) is 19.5. The summed E-state index contributed by atoms with van der Waals surface area (Å²) in [6.45, 7) is 5.15. The number of carbonyl (C=O) groups is 1. The summed E-state index contributed by atoms with van der Waals surface area (Å²) in [5.41, 5.74) is 0. The molecule has 0 radical (unpaired) electrons. The van der Waals surface area contributed by atoms with Gasteiger partial charge in [0, 0.05) is 18.5 Å². The minimum Gasteiger partial charge on any atom is -0.481 e. The number of rotatable bonds is 9. The largest absolute Gasteiger partial charge is 0.481 e. The number of unbranched alkanes of at least 4 members (excludes halogenated alkanes) is 1. The van der Waals surface area contributed by atoms with Crippen molar-refractivity contribution in [1.29, 1.82) is 0 Å². The monoisotopic (exact) mass is 349 g/mol. The molecule has 2 rings (SSSR count). The van der Waals surface area contributed by atoms with E-state index in [2.05, 4.69) is 22.1 Å². The fourth-order valence-corrected chi connectivity index (χ4v) is 3.01. The highest BCUT2D eigenvalue weighted by Crippen LogP contribution is 2.29. The van der Waals surface area contributed by atoms with Gasteiger partial charge in [0.25, 0.3) is 0 Å². The lowest BCUT2D eigenvalue weighted by Crippen LogP contribution is -2.43. The summed E-state index contributed by atoms with van der Waals surface area (Å²) in [5.74, 6) is 0.444. The molecule has 1 saturated heterocycles. The van der Waals surface area contributed by atoms with Crippen LogP contribution in [0.2, 0.25) is 0 Å². The summed E-state index contributed by atoms with van der Waals surface area (Å²) in [5, 5.41) is 17.1. The van der Waals surface area contributed by atoms with E-state index in [0.29, 0.717) is 31.3 Å². The minimum absolute atomic E-state index is 0.0503. The second-order valence-electron chi connectivity index (χ2n) is 6.47. The molecule has 138 valence electrons.